The average Bonchev–Trinajstić information content (AvgIpc) is 3.12. The van der Waals surface area contributed by atoms with Gasteiger partial charge in [-0.1, -0.05) is 12.6 Å². The molecule has 0 atom stereocenters. The Morgan fingerprint density at radius 1 is 1.11 bits per heavy atom. The van der Waals surface area contributed by atoms with E-state index in [1.165, 1.54) is 18.2 Å². The van der Waals surface area contributed by atoms with Crippen LogP contribution in [0.4, 0.5) is 10.1 Å². The Bertz CT molecular complexity index is 1130. The van der Waals surface area contributed by atoms with Gasteiger partial charge in [0.25, 0.3) is 0 Å². The molecule has 4 rings (SSSR count). The van der Waals surface area contributed by atoms with Gasteiger partial charge in [0.2, 0.25) is 5.91 Å². The molecule has 5 heteroatoms. The highest BCUT2D eigenvalue weighted by Gasteiger charge is 2.12. The Labute approximate surface area is 155 Å². The highest BCUT2D eigenvalue weighted by molar-refractivity contribution is 6.04. The summed E-state index contributed by atoms with van der Waals surface area (Å²) in [5.74, 6) is -0.561. The Morgan fingerprint density at radius 3 is 2.63 bits per heavy atom. The second-order valence-electron chi connectivity index (χ2n) is 6.09. The van der Waals surface area contributed by atoms with E-state index in [0.717, 1.165) is 33.4 Å². The zero-order valence-corrected chi connectivity index (χ0v) is 14.4. The van der Waals surface area contributed by atoms with Gasteiger partial charge in [0.15, 0.2) is 0 Å². The molecule has 0 saturated heterocycles. The van der Waals surface area contributed by atoms with E-state index >= 15 is 0 Å². The average molecular weight is 357 g/mol. The lowest BCUT2D eigenvalue weighted by Crippen LogP contribution is -2.07. The molecule has 2 heterocycles. The van der Waals surface area contributed by atoms with E-state index in [1.807, 2.05) is 36.4 Å². The molecule has 0 saturated carbocycles. The fourth-order valence-electron chi connectivity index (χ4n) is 3.02. The molecule has 2 aromatic carbocycles. The van der Waals surface area contributed by atoms with E-state index in [4.69, 9.17) is 0 Å². The summed E-state index contributed by atoms with van der Waals surface area (Å²) in [5, 5.41) is 3.72. The number of carbonyl (C=O) groups excluding carboxylic acids is 1. The smallest absolute Gasteiger partial charge is 0.247 e. The number of anilines is 1. The van der Waals surface area contributed by atoms with Crippen LogP contribution < -0.4 is 5.32 Å². The number of hydrogen-bond donors (Lipinski definition) is 2. The van der Waals surface area contributed by atoms with Gasteiger partial charge < -0.3 is 10.3 Å². The monoisotopic (exact) mass is 357 g/mol. The van der Waals surface area contributed by atoms with Gasteiger partial charge >= 0.3 is 0 Å². The zero-order valence-electron chi connectivity index (χ0n) is 14.4. The third-order valence-electron chi connectivity index (χ3n) is 4.28. The van der Waals surface area contributed by atoms with Crippen molar-refractivity contribution in [1.29, 1.82) is 0 Å². The lowest BCUT2D eigenvalue weighted by atomic mass is 10.1. The number of hydrogen-bond acceptors (Lipinski definition) is 2. The number of amides is 1. The predicted molar refractivity (Wildman–Crippen MR) is 106 cm³/mol. The largest absolute Gasteiger partial charge is 0.354 e. The molecule has 0 aliphatic carbocycles. The van der Waals surface area contributed by atoms with Crippen molar-refractivity contribution in [3.05, 3.63) is 85.3 Å². The van der Waals surface area contributed by atoms with Gasteiger partial charge in [-0.05, 0) is 66.2 Å². The van der Waals surface area contributed by atoms with E-state index in [1.54, 1.807) is 18.3 Å². The lowest BCUT2D eigenvalue weighted by molar-refractivity contribution is -0.111. The van der Waals surface area contributed by atoms with Gasteiger partial charge in [-0.25, -0.2) is 4.39 Å². The molecule has 0 fully saturated rings. The number of pyridine rings is 1. The molecule has 2 N–H and O–H groups in total. The second kappa shape index (κ2) is 6.88. The Morgan fingerprint density at radius 2 is 1.93 bits per heavy atom. The Kier molecular flexibility index (Phi) is 4.26. The molecule has 132 valence electrons. The van der Waals surface area contributed by atoms with Gasteiger partial charge in [-0.15, -0.1) is 0 Å². The topological polar surface area (TPSA) is 57.8 Å². The summed E-state index contributed by atoms with van der Waals surface area (Å²) in [4.78, 5) is 19.6. The molecular weight excluding hydrogens is 341 g/mol. The quantitative estimate of drug-likeness (QED) is 0.496. The maximum atomic E-state index is 13.2. The van der Waals surface area contributed by atoms with Crippen molar-refractivity contribution in [2.75, 3.05) is 5.32 Å². The summed E-state index contributed by atoms with van der Waals surface area (Å²) in [6, 6.07) is 17.7. The molecule has 0 aliphatic rings. The molecular formula is C22H16FN3O. The van der Waals surface area contributed by atoms with Crippen LogP contribution in [0.2, 0.25) is 0 Å². The van der Waals surface area contributed by atoms with Crippen LogP contribution in [0.1, 0.15) is 0 Å². The molecule has 0 unspecified atom stereocenters. The van der Waals surface area contributed by atoms with Crippen LogP contribution in [0, 0.1) is 5.82 Å². The molecule has 0 aliphatic heterocycles. The minimum absolute atomic E-state index is 0.279. The standard InChI is InChI=1S/C22H16FN3O/c1-2-21(27)25-17-11-15-12-20(14-6-8-16(23)9-7-14)26-22(15)18(13-17)19-5-3-4-10-24-19/h2-13,26H,1H2,(H,25,27). The molecule has 4 aromatic rings. The molecule has 4 nitrogen and oxygen atoms in total. The first-order chi connectivity index (χ1) is 13.1. The lowest BCUT2D eigenvalue weighted by Gasteiger charge is -2.08. The summed E-state index contributed by atoms with van der Waals surface area (Å²) in [7, 11) is 0. The second-order valence-corrected chi connectivity index (χ2v) is 6.09. The molecule has 2 aromatic heterocycles. The number of rotatable bonds is 4. The number of fused-ring (bicyclic) bond motifs is 1. The fraction of sp³-hybridized carbons (Fsp3) is 0. The molecule has 0 bridgehead atoms. The first-order valence-electron chi connectivity index (χ1n) is 8.41. The highest BCUT2D eigenvalue weighted by Crippen LogP contribution is 2.34. The summed E-state index contributed by atoms with van der Waals surface area (Å²) in [6.07, 6.45) is 2.95. The molecule has 1 amide bonds. The fourth-order valence-corrected chi connectivity index (χ4v) is 3.02. The first kappa shape index (κ1) is 16.7. The van der Waals surface area contributed by atoms with Gasteiger partial charge in [0, 0.05) is 28.5 Å². The van der Waals surface area contributed by atoms with Crippen LogP contribution in [-0.2, 0) is 4.79 Å². The number of benzene rings is 2. The normalized spacial score (nSPS) is 10.7. The van der Waals surface area contributed by atoms with E-state index in [0.29, 0.717) is 5.69 Å². The number of nitrogens with zero attached hydrogens (tertiary/aromatic N) is 1. The number of H-pyrrole nitrogens is 1. The van der Waals surface area contributed by atoms with Crippen LogP contribution in [0.15, 0.2) is 79.5 Å². The van der Waals surface area contributed by atoms with Crippen LogP contribution in [0.25, 0.3) is 33.4 Å². The van der Waals surface area contributed by atoms with E-state index in [2.05, 4.69) is 21.9 Å². The van der Waals surface area contributed by atoms with E-state index in [-0.39, 0.29) is 11.7 Å². The number of aromatic nitrogens is 2. The maximum absolute atomic E-state index is 13.2. The van der Waals surface area contributed by atoms with Gasteiger partial charge in [-0.2, -0.15) is 0 Å². The van der Waals surface area contributed by atoms with Gasteiger partial charge in [0.1, 0.15) is 5.82 Å². The zero-order chi connectivity index (χ0) is 18.8. The SMILES string of the molecule is C=CC(=O)Nc1cc(-c2ccccn2)c2[nH]c(-c3ccc(F)cc3)cc2c1. The Balaban J connectivity index is 1.90. The summed E-state index contributed by atoms with van der Waals surface area (Å²) >= 11 is 0. The van der Waals surface area contributed by atoms with Crippen LogP contribution in [0.3, 0.4) is 0 Å². The van der Waals surface area contributed by atoms with Gasteiger partial charge in [0.05, 0.1) is 11.2 Å². The van der Waals surface area contributed by atoms with Crippen molar-refractivity contribution in [3.8, 4) is 22.5 Å². The van der Waals surface area contributed by atoms with Crippen molar-refractivity contribution in [2.24, 2.45) is 0 Å². The highest BCUT2D eigenvalue weighted by atomic mass is 19.1. The molecule has 0 spiro atoms. The summed E-state index contributed by atoms with van der Waals surface area (Å²) < 4.78 is 13.2. The van der Waals surface area contributed by atoms with Crippen molar-refractivity contribution in [2.45, 2.75) is 0 Å². The minimum atomic E-state index is -0.282. The van der Waals surface area contributed by atoms with E-state index in [9.17, 15) is 9.18 Å². The minimum Gasteiger partial charge on any atom is -0.354 e. The van der Waals surface area contributed by atoms with Crippen LogP contribution in [-0.4, -0.2) is 15.9 Å². The summed E-state index contributed by atoms with van der Waals surface area (Å²) in [6.45, 7) is 3.49. The van der Waals surface area contributed by atoms with Crippen LogP contribution in [0.5, 0.6) is 0 Å². The maximum Gasteiger partial charge on any atom is 0.247 e. The molecule has 0 radical (unpaired) electrons. The third-order valence-corrected chi connectivity index (χ3v) is 4.28. The van der Waals surface area contributed by atoms with Crippen molar-refractivity contribution in [3.63, 3.8) is 0 Å². The van der Waals surface area contributed by atoms with Gasteiger partial charge in [-0.3, -0.25) is 9.78 Å². The predicted octanol–water partition coefficient (Wildman–Crippen LogP) is 5.16. The number of nitrogens with one attached hydrogen (secondary N) is 2. The summed E-state index contributed by atoms with van der Waals surface area (Å²) in [5.41, 5.74) is 4.92. The third kappa shape index (κ3) is 3.35. The van der Waals surface area contributed by atoms with E-state index < -0.39 is 0 Å². The Hall–Kier alpha value is -3.73. The number of halogens is 1. The first-order valence-corrected chi connectivity index (χ1v) is 8.41. The molecule has 27 heavy (non-hydrogen) atoms. The van der Waals surface area contributed by atoms with Crippen molar-refractivity contribution >= 4 is 22.5 Å². The number of aromatic amines is 1. The number of carbonyl (C=O) groups is 1. The van der Waals surface area contributed by atoms with Crippen molar-refractivity contribution < 1.29 is 9.18 Å². The van der Waals surface area contributed by atoms with Crippen molar-refractivity contribution in [1.82, 2.24) is 9.97 Å². The van der Waals surface area contributed by atoms with Crippen LogP contribution >= 0.6 is 0 Å².